The summed E-state index contributed by atoms with van der Waals surface area (Å²) in [6, 6.07) is 18.4. The van der Waals surface area contributed by atoms with Crippen LogP contribution in [-0.4, -0.2) is 46.0 Å². The summed E-state index contributed by atoms with van der Waals surface area (Å²) >= 11 is 12.2. The molecule has 1 aliphatic heterocycles. The normalized spacial score (nSPS) is 22.1. The molecule has 41 heavy (non-hydrogen) atoms. The summed E-state index contributed by atoms with van der Waals surface area (Å²) in [5.74, 6) is -3.87. The van der Waals surface area contributed by atoms with Crippen molar-refractivity contribution in [3.63, 3.8) is 0 Å². The molecular weight excluding hydrogens is 567 g/mol. The Balaban J connectivity index is 1.25. The van der Waals surface area contributed by atoms with Gasteiger partial charge < -0.3 is 4.74 Å². The first-order valence-corrected chi connectivity index (χ1v) is 13.7. The second-order valence-corrected chi connectivity index (χ2v) is 11.0. The molecular formula is C31H22Cl2N2O6. The van der Waals surface area contributed by atoms with Crippen LogP contribution in [0.2, 0.25) is 10.0 Å². The number of fused-ring (bicyclic) bond motifs is 5. The highest BCUT2D eigenvalue weighted by Gasteiger charge is 2.61. The van der Waals surface area contributed by atoms with E-state index in [1.54, 1.807) is 30.3 Å². The van der Waals surface area contributed by atoms with Gasteiger partial charge in [-0.05, 0) is 72.9 Å². The van der Waals surface area contributed by atoms with Gasteiger partial charge in [-0.1, -0.05) is 53.6 Å². The van der Waals surface area contributed by atoms with E-state index in [9.17, 15) is 24.0 Å². The molecule has 3 aromatic carbocycles. The van der Waals surface area contributed by atoms with Gasteiger partial charge in [-0.15, -0.1) is 0 Å². The average molecular weight is 589 g/mol. The summed E-state index contributed by atoms with van der Waals surface area (Å²) in [4.78, 5) is 66.6. The number of carbonyl (C=O) groups excluding carboxylic acids is 5. The zero-order valence-corrected chi connectivity index (χ0v) is 22.9. The van der Waals surface area contributed by atoms with Crippen molar-refractivity contribution in [2.45, 2.75) is 6.42 Å². The lowest BCUT2D eigenvalue weighted by atomic mass is 9.85. The molecule has 3 aliphatic rings. The first-order chi connectivity index (χ1) is 19.7. The number of nitrogens with zero attached hydrogens (tertiary/aromatic N) is 2. The van der Waals surface area contributed by atoms with E-state index in [1.807, 2.05) is 12.2 Å². The molecule has 0 aromatic heterocycles. The Bertz CT molecular complexity index is 1590. The van der Waals surface area contributed by atoms with Crippen LogP contribution in [0.1, 0.15) is 37.5 Å². The van der Waals surface area contributed by atoms with Gasteiger partial charge in [0.05, 0.1) is 27.4 Å². The molecule has 1 saturated heterocycles. The van der Waals surface area contributed by atoms with Crippen molar-refractivity contribution in [2.24, 2.45) is 23.7 Å². The number of Topliss-reactive ketones (excluding diaryl/α,β-unsaturated/α-hetero) is 1. The summed E-state index contributed by atoms with van der Waals surface area (Å²) in [5, 5.41) is 2.07. The molecule has 4 atom stereocenters. The Hall–Kier alpha value is -4.27. The number of halogens is 2. The molecule has 3 aromatic rings. The highest BCUT2D eigenvalue weighted by Crippen LogP contribution is 2.52. The number of hydrazine groups is 1. The molecule has 0 radical (unpaired) electrons. The highest BCUT2D eigenvalue weighted by molar-refractivity contribution is 6.42. The fourth-order valence-corrected chi connectivity index (χ4v) is 6.11. The Morgan fingerprint density at radius 1 is 0.780 bits per heavy atom. The van der Waals surface area contributed by atoms with Crippen LogP contribution in [0.3, 0.4) is 0 Å². The maximum Gasteiger partial charge on any atom is 0.343 e. The van der Waals surface area contributed by atoms with Crippen molar-refractivity contribution in [2.75, 3.05) is 6.54 Å². The van der Waals surface area contributed by atoms with Crippen molar-refractivity contribution in [1.29, 1.82) is 0 Å². The standard InChI is InChI=1S/C31H22Cl2N2O6/c32-23-13-10-21(15-24(23)33)28(37)34(35-29(38)26-19-6-7-20(14-19)27(26)30(35)39)16-25(36)17-8-11-22(12-9-17)41-31(40)18-4-2-1-3-5-18/h1-13,15,19-20,26-27H,14,16H2/t19-,20-,26-,27-/m0/s1. The molecule has 3 amide bonds. The Morgan fingerprint density at radius 2 is 1.39 bits per heavy atom. The smallest absolute Gasteiger partial charge is 0.343 e. The maximum absolute atomic E-state index is 13.7. The predicted molar refractivity (Wildman–Crippen MR) is 149 cm³/mol. The van der Waals surface area contributed by atoms with Crippen LogP contribution >= 0.6 is 23.2 Å². The monoisotopic (exact) mass is 588 g/mol. The highest BCUT2D eigenvalue weighted by atomic mass is 35.5. The predicted octanol–water partition coefficient (Wildman–Crippen LogP) is 5.26. The SMILES string of the molecule is O=C(CN(C(=O)c1ccc(Cl)c(Cl)c1)N1C(=O)[C@@H]2[C@@H](C1=O)[C@H]1C=C[C@H]2C1)c1ccc(OC(=O)c2ccccc2)cc1. The third kappa shape index (κ3) is 4.83. The van der Waals surface area contributed by atoms with Gasteiger partial charge in [0.2, 0.25) is 0 Å². The van der Waals surface area contributed by atoms with Gasteiger partial charge in [0.25, 0.3) is 17.7 Å². The third-order valence-electron chi connectivity index (χ3n) is 7.78. The first kappa shape index (κ1) is 26.9. The summed E-state index contributed by atoms with van der Waals surface area (Å²) in [6.45, 7) is -0.581. The van der Waals surface area contributed by atoms with E-state index in [0.29, 0.717) is 5.56 Å². The van der Waals surface area contributed by atoms with Crippen molar-refractivity contribution < 1.29 is 28.7 Å². The zero-order valence-electron chi connectivity index (χ0n) is 21.4. The summed E-state index contributed by atoms with van der Waals surface area (Å²) < 4.78 is 5.37. The molecule has 10 heteroatoms. The van der Waals surface area contributed by atoms with Crippen LogP contribution in [0.15, 0.2) is 84.9 Å². The molecule has 8 nitrogen and oxygen atoms in total. The van der Waals surface area contributed by atoms with Crippen molar-refractivity contribution in [3.8, 4) is 5.75 Å². The molecule has 1 heterocycles. The second-order valence-electron chi connectivity index (χ2n) is 10.2. The van der Waals surface area contributed by atoms with E-state index >= 15 is 0 Å². The molecule has 6 rings (SSSR count). The summed E-state index contributed by atoms with van der Waals surface area (Å²) in [5.41, 5.74) is 0.629. The lowest BCUT2D eigenvalue weighted by Crippen LogP contribution is -2.52. The van der Waals surface area contributed by atoms with E-state index in [0.717, 1.165) is 16.4 Å². The largest absolute Gasteiger partial charge is 0.423 e. The van der Waals surface area contributed by atoms with Gasteiger partial charge in [-0.2, -0.15) is 5.01 Å². The van der Waals surface area contributed by atoms with Gasteiger partial charge in [-0.3, -0.25) is 19.2 Å². The fourth-order valence-electron chi connectivity index (χ4n) is 5.81. The lowest BCUT2D eigenvalue weighted by Gasteiger charge is -2.31. The van der Waals surface area contributed by atoms with Crippen LogP contribution in [0.4, 0.5) is 0 Å². The van der Waals surface area contributed by atoms with Crippen molar-refractivity contribution in [3.05, 3.63) is 112 Å². The topological polar surface area (TPSA) is 101 Å². The number of hydrogen-bond acceptors (Lipinski definition) is 6. The average Bonchev–Trinajstić information content (AvgIpc) is 3.67. The van der Waals surface area contributed by atoms with Gasteiger partial charge in [0.15, 0.2) is 5.78 Å². The number of allylic oxidation sites excluding steroid dienone is 2. The molecule has 0 N–H and O–H groups in total. The van der Waals surface area contributed by atoms with Crippen molar-refractivity contribution >= 4 is 52.7 Å². The molecule has 2 bridgehead atoms. The van der Waals surface area contributed by atoms with E-state index in [2.05, 4.69) is 0 Å². The van der Waals surface area contributed by atoms with Crippen LogP contribution < -0.4 is 4.74 Å². The number of esters is 1. The van der Waals surface area contributed by atoms with Gasteiger partial charge >= 0.3 is 5.97 Å². The number of carbonyl (C=O) groups is 5. The van der Waals surface area contributed by atoms with Crippen LogP contribution in [-0.2, 0) is 9.59 Å². The van der Waals surface area contributed by atoms with E-state index < -0.39 is 47.9 Å². The molecule has 206 valence electrons. The Labute approximate surface area is 245 Å². The van der Waals surface area contributed by atoms with E-state index in [4.69, 9.17) is 27.9 Å². The number of ketones is 1. The number of hydrogen-bond donors (Lipinski definition) is 0. The van der Waals surface area contributed by atoms with Gasteiger partial charge in [0.1, 0.15) is 12.3 Å². The van der Waals surface area contributed by atoms with Crippen LogP contribution in [0.5, 0.6) is 5.75 Å². The molecule has 1 saturated carbocycles. The lowest BCUT2D eigenvalue weighted by molar-refractivity contribution is -0.154. The minimum Gasteiger partial charge on any atom is -0.423 e. The maximum atomic E-state index is 13.7. The minimum absolute atomic E-state index is 0.0640. The zero-order chi connectivity index (χ0) is 28.8. The number of rotatable bonds is 7. The Kier molecular flexibility index (Phi) is 6.97. The van der Waals surface area contributed by atoms with Crippen LogP contribution in [0, 0.1) is 23.7 Å². The molecule has 0 unspecified atom stereocenters. The van der Waals surface area contributed by atoms with Crippen LogP contribution in [0.25, 0.3) is 0 Å². The van der Waals surface area contributed by atoms with E-state index in [-0.39, 0.29) is 38.8 Å². The van der Waals surface area contributed by atoms with Gasteiger partial charge in [-0.25, -0.2) is 9.80 Å². The summed E-state index contributed by atoms with van der Waals surface area (Å²) in [6.07, 6.45) is 4.62. The number of amides is 3. The second kappa shape index (κ2) is 10.6. The van der Waals surface area contributed by atoms with Crippen molar-refractivity contribution in [1.82, 2.24) is 10.0 Å². The first-order valence-electron chi connectivity index (χ1n) is 13.0. The molecule has 0 spiro atoms. The molecule has 2 aliphatic carbocycles. The number of ether oxygens (including phenoxy) is 1. The van der Waals surface area contributed by atoms with E-state index in [1.165, 1.54) is 42.5 Å². The number of benzene rings is 3. The number of imide groups is 1. The Morgan fingerprint density at radius 3 is 2.00 bits per heavy atom. The van der Waals surface area contributed by atoms with Gasteiger partial charge in [0, 0.05) is 11.1 Å². The fraction of sp³-hybridized carbons (Fsp3) is 0.194. The molecule has 2 fully saturated rings. The third-order valence-corrected chi connectivity index (χ3v) is 8.52. The minimum atomic E-state index is -0.743. The summed E-state index contributed by atoms with van der Waals surface area (Å²) in [7, 11) is 0. The quantitative estimate of drug-likeness (QED) is 0.123.